The molecule has 0 amide bonds. The number of benzene rings is 1. The molecule has 130 valence electrons. The van der Waals surface area contributed by atoms with Gasteiger partial charge in [0.05, 0.1) is 6.61 Å². The maximum atomic E-state index is 11.2. The number of thiol groups is 1. The second-order valence-corrected chi connectivity index (χ2v) is 7.36. The highest BCUT2D eigenvalue weighted by Crippen LogP contribution is 2.39. The summed E-state index contributed by atoms with van der Waals surface area (Å²) in [5.41, 5.74) is 1.43. The number of carbonyl (C=O) groups excluding carboxylic acids is 1. The first-order valence-electron chi connectivity index (χ1n) is 8.19. The van der Waals surface area contributed by atoms with Crippen LogP contribution in [0.1, 0.15) is 38.2 Å². The Morgan fingerprint density at radius 3 is 2.83 bits per heavy atom. The van der Waals surface area contributed by atoms with E-state index in [1.807, 2.05) is 30.0 Å². The van der Waals surface area contributed by atoms with E-state index in [1.54, 1.807) is 6.92 Å². The normalized spacial score (nSPS) is 15.9. The third-order valence-corrected chi connectivity index (χ3v) is 4.99. The van der Waals surface area contributed by atoms with Gasteiger partial charge in [-0.2, -0.15) is 0 Å². The standard InChI is InChI=1S/C19H24O3S2/c1-14(2)19(20)21-11-7-3-4-8-12-24-17-13-18(23)22-16-10-6-5-9-15(16)17/h5-6,9-10,13,18,23H,1,3-4,7-8,11-12H2,2H3. The molecule has 1 aromatic rings. The second kappa shape index (κ2) is 9.84. The number of thioether (sulfide) groups is 1. The summed E-state index contributed by atoms with van der Waals surface area (Å²) in [4.78, 5) is 12.5. The van der Waals surface area contributed by atoms with Gasteiger partial charge in [-0.1, -0.05) is 37.6 Å². The van der Waals surface area contributed by atoms with E-state index in [4.69, 9.17) is 9.47 Å². The van der Waals surface area contributed by atoms with Crippen molar-refractivity contribution in [2.24, 2.45) is 0 Å². The van der Waals surface area contributed by atoms with Crippen molar-refractivity contribution in [2.45, 2.75) is 38.0 Å². The highest BCUT2D eigenvalue weighted by atomic mass is 32.2. The molecule has 0 saturated heterocycles. The van der Waals surface area contributed by atoms with Crippen LogP contribution in [0.4, 0.5) is 0 Å². The highest BCUT2D eigenvalue weighted by molar-refractivity contribution is 8.08. The Labute approximate surface area is 153 Å². The Kier molecular flexibility index (Phi) is 7.79. The molecule has 1 aliphatic rings. The molecule has 1 heterocycles. The average Bonchev–Trinajstić information content (AvgIpc) is 2.56. The fourth-order valence-corrected chi connectivity index (χ4v) is 3.79. The van der Waals surface area contributed by atoms with Gasteiger partial charge >= 0.3 is 5.97 Å². The number of ether oxygens (including phenoxy) is 2. The Bertz CT molecular complexity index is 610. The van der Waals surface area contributed by atoms with Crippen LogP contribution in [0, 0.1) is 0 Å². The summed E-state index contributed by atoms with van der Waals surface area (Å²) < 4.78 is 10.8. The molecule has 0 aromatic heterocycles. The van der Waals surface area contributed by atoms with Crippen LogP contribution in [0.3, 0.4) is 0 Å². The first kappa shape index (κ1) is 19.0. The van der Waals surface area contributed by atoms with Crippen LogP contribution in [0.2, 0.25) is 0 Å². The molecule has 2 rings (SSSR count). The zero-order valence-electron chi connectivity index (χ0n) is 14.0. The minimum atomic E-state index is -0.294. The van der Waals surface area contributed by atoms with Crippen LogP contribution in [-0.2, 0) is 9.53 Å². The topological polar surface area (TPSA) is 35.5 Å². The van der Waals surface area contributed by atoms with Crippen LogP contribution in [0.25, 0.3) is 4.91 Å². The summed E-state index contributed by atoms with van der Waals surface area (Å²) in [5, 5.41) is 0. The maximum absolute atomic E-state index is 11.2. The molecule has 0 bridgehead atoms. The molecule has 24 heavy (non-hydrogen) atoms. The first-order chi connectivity index (χ1) is 11.6. The quantitative estimate of drug-likeness (QED) is 0.287. The van der Waals surface area contributed by atoms with Gasteiger partial charge in [-0.3, -0.25) is 0 Å². The molecule has 0 fully saturated rings. The predicted octanol–water partition coefficient (Wildman–Crippen LogP) is 5.09. The van der Waals surface area contributed by atoms with Gasteiger partial charge in [0.1, 0.15) is 5.75 Å². The summed E-state index contributed by atoms with van der Waals surface area (Å²) in [6, 6.07) is 8.08. The number of hydrogen-bond donors (Lipinski definition) is 1. The fraction of sp³-hybridized carbons (Fsp3) is 0.421. The Morgan fingerprint density at radius 1 is 1.29 bits per heavy atom. The molecule has 0 radical (unpaired) electrons. The monoisotopic (exact) mass is 364 g/mol. The van der Waals surface area contributed by atoms with Crippen molar-refractivity contribution in [1.29, 1.82) is 0 Å². The summed E-state index contributed by atoms with van der Waals surface area (Å²) in [7, 11) is 0. The number of carbonyl (C=O) groups is 1. The number of esters is 1. The van der Waals surface area contributed by atoms with Gasteiger partial charge in [0.2, 0.25) is 0 Å². The Balaban J connectivity index is 1.63. The van der Waals surface area contributed by atoms with Crippen molar-refractivity contribution in [3.63, 3.8) is 0 Å². The van der Waals surface area contributed by atoms with Gasteiger partial charge in [0.15, 0.2) is 5.44 Å². The number of unbranched alkanes of at least 4 members (excludes halogenated alkanes) is 3. The van der Waals surface area contributed by atoms with Gasteiger partial charge in [-0.05, 0) is 37.7 Å². The maximum Gasteiger partial charge on any atom is 0.333 e. The van der Waals surface area contributed by atoms with E-state index in [0.717, 1.165) is 42.7 Å². The van der Waals surface area contributed by atoms with Gasteiger partial charge in [0, 0.05) is 16.0 Å². The van der Waals surface area contributed by atoms with Crippen molar-refractivity contribution >= 4 is 35.3 Å². The van der Waals surface area contributed by atoms with Gasteiger partial charge in [-0.25, -0.2) is 4.79 Å². The van der Waals surface area contributed by atoms with Crippen LogP contribution < -0.4 is 4.74 Å². The molecule has 1 atom stereocenters. The van der Waals surface area contributed by atoms with Crippen molar-refractivity contribution in [1.82, 2.24) is 0 Å². The van der Waals surface area contributed by atoms with Gasteiger partial charge in [-0.15, -0.1) is 24.4 Å². The molecular weight excluding hydrogens is 340 g/mol. The van der Waals surface area contributed by atoms with Crippen LogP contribution in [0.15, 0.2) is 42.5 Å². The molecule has 1 aromatic carbocycles. The second-order valence-electron chi connectivity index (χ2n) is 5.71. The van der Waals surface area contributed by atoms with E-state index < -0.39 is 0 Å². The lowest BCUT2D eigenvalue weighted by atomic mass is 10.1. The average molecular weight is 365 g/mol. The zero-order chi connectivity index (χ0) is 17.4. The number of rotatable bonds is 9. The molecule has 1 unspecified atom stereocenters. The van der Waals surface area contributed by atoms with Gasteiger partial charge < -0.3 is 9.47 Å². The Hall–Kier alpha value is -1.33. The van der Waals surface area contributed by atoms with Crippen molar-refractivity contribution in [2.75, 3.05) is 12.4 Å². The van der Waals surface area contributed by atoms with E-state index >= 15 is 0 Å². The Morgan fingerprint density at radius 2 is 2.04 bits per heavy atom. The van der Waals surface area contributed by atoms with Gasteiger partial charge in [0.25, 0.3) is 0 Å². The van der Waals surface area contributed by atoms with Crippen molar-refractivity contribution in [3.05, 3.63) is 48.1 Å². The molecule has 3 nitrogen and oxygen atoms in total. The lowest BCUT2D eigenvalue weighted by molar-refractivity contribution is -0.139. The van der Waals surface area contributed by atoms with Crippen LogP contribution in [-0.4, -0.2) is 23.8 Å². The SMILES string of the molecule is C=C(C)C(=O)OCCCCCCSC1=CC(S)Oc2ccccc21. The predicted molar refractivity (Wildman–Crippen MR) is 105 cm³/mol. The first-order valence-corrected chi connectivity index (χ1v) is 9.69. The minimum Gasteiger partial charge on any atom is -0.475 e. The summed E-state index contributed by atoms with van der Waals surface area (Å²) >= 11 is 6.27. The molecule has 0 aliphatic carbocycles. The fourth-order valence-electron chi connectivity index (χ4n) is 2.31. The van der Waals surface area contributed by atoms with Crippen molar-refractivity contribution in [3.8, 4) is 5.75 Å². The zero-order valence-corrected chi connectivity index (χ0v) is 15.7. The van der Waals surface area contributed by atoms with E-state index in [9.17, 15) is 4.79 Å². The minimum absolute atomic E-state index is 0.176. The van der Waals surface area contributed by atoms with E-state index in [2.05, 4.69) is 31.4 Å². The largest absolute Gasteiger partial charge is 0.475 e. The number of para-hydroxylation sites is 1. The number of hydrogen-bond acceptors (Lipinski definition) is 5. The molecule has 5 heteroatoms. The third-order valence-electron chi connectivity index (χ3n) is 3.57. The molecule has 1 aliphatic heterocycles. The molecular formula is C19H24O3S2. The third kappa shape index (κ3) is 5.95. The highest BCUT2D eigenvalue weighted by Gasteiger charge is 2.17. The van der Waals surface area contributed by atoms with E-state index in [0.29, 0.717) is 12.2 Å². The molecule has 0 saturated carbocycles. The lowest BCUT2D eigenvalue weighted by Gasteiger charge is -2.22. The molecule has 0 spiro atoms. The smallest absolute Gasteiger partial charge is 0.333 e. The lowest BCUT2D eigenvalue weighted by Crippen LogP contribution is -2.11. The summed E-state index contributed by atoms with van der Waals surface area (Å²) in [6.07, 6.45) is 6.30. The summed E-state index contributed by atoms with van der Waals surface area (Å²) in [6.45, 7) is 5.71. The van der Waals surface area contributed by atoms with Crippen LogP contribution >= 0.6 is 24.4 Å². The summed E-state index contributed by atoms with van der Waals surface area (Å²) in [5.74, 6) is 1.67. The van der Waals surface area contributed by atoms with Crippen LogP contribution in [0.5, 0.6) is 5.75 Å². The van der Waals surface area contributed by atoms with Crippen molar-refractivity contribution < 1.29 is 14.3 Å². The molecule has 0 N–H and O–H groups in total. The van der Waals surface area contributed by atoms with E-state index in [-0.39, 0.29) is 11.4 Å². The number of fused-ring (bicyclic) bond motifs is 1. The van der Waals surface area contributed by atoms with E-state index in [1.165, 1.54) is 4.91 Å².